The van der Waals surface area contributed by atoms with E-state index in [0.29, 0.717) is 0 Å². The molecule has 116 valence electrons. The molecule has 1 aliphatic rings. The molecule has 0 saturated carbocycles. The lowest BCUT2D eigenvalue weighted by atomic mass is 10.1. The van der Waals surface area contributed by atoms with E-state index < -0.39 is 0 Å². The van der Waals surface area contributed by atoms with Gasteiger partial charge in [0.1, 0.15) is 11.9 Å². The Morgan fingerprint density at radius 1 is 0.909 bits per heavy atom. The van der Waals surface area contributed by atoms with Crippen molar-refractivity contribution in [3.8, 4) is 5.75 Å². The predicted octanol–water partition coefficient (Wildman–Crippen LogP) is 3.53. The highest BCUT2D eigenvalue weighted by Gasteiger charge is 2.17. The van der Waals surface area contributed by atoms with Crippen LogP contribution in [0.1, 0.15) is 18.1 Å². The molecule has 1 fully saturated rings. The van der Waals surface area contributed by atoms with E-state index in [4.69, 9.17) is 9.47 Å². The van der Waals surface area contributed by atoms with Gasteiger partial charge in [-0.25, -0.2) is 0 Å². The van der Waals surface area contributed by atoms with Gasteiger partial charge in [-0.1, -0.05) is 48.5 Å². The Bertz CT molecular complexity index is 538. The Kier molecular flexibility index (Phi) is 5.46. The SMILES string of the molecule is c1ccc(OC(CCN2CCOCC2)c2ccccc2)cc1. The predicted molar refractivity (Wildman–Crippen MR) is 88.1 cm³/mol. The zero-order valence-corrected chi connectivity index (χ0v) is 12.9. The van der Waals surface area contributed by atoms with E-state index in [0.717, 1.165) is 45.0 Å². The smallest absolute Gasteiger partial charge is 0.125 e. The Morgan fingerprint density at radius 3 is 2.23 bits per heavy atom. The molecule has 1 saturated heterocycles. The van der Waals surface area contributed by atoms with Gasteiger partial charge in [-0.3, -0.25) is 4.90 Å². The largest absolute Gasteiger partial charge is 0.486 e. The van der Waals surface area contributed by atoms with Crippen molar-refractivity contribution >= 4 is 0 Å². The van der Waals surface area contributed by atoms with E-state index in [1.165, 1.54) is 5.56 Å². The molecule has 1 atom stereocenters. The third kappa shape index (κ3) is 4.33. The van der Waals surface area contributed by atoms with E-state index >= 15 is 0 Å². The van der Waals surface area contributed by atoms with Gasteiger partial charge in [0, 0.05) is 26.1 Å². The summed E-state index contributed by atoms with van der Waals surface area (Å²) in [5.74, 6) is 0.929. The second-order valence-electron chi connectivity index (χ2n) is 5.57. The normalized spacial score (nSPS) is 17.1. The molecule has 0 amide bonds. The van der Waals surface area contributed by atoms with Gasteiger partial charge in [-0.15, -0.1) is 0 Å². The van der Waals surface area contributed by atoms with E-state index in [1.807, 2.05) is 36.4 Å². The molecular weight excluding hydrogens is 274 g/mol. The maximum Gasteiger partial charge on any atom is 0.125 e. The Hall–Kier alpha value is -1.84. The molecule has 1 aliphatic heterocycles. The topological polar surface area (TPSA) is 21.7 Å². The summed E-state index contributed by atoms with van der Waals surface area (Å²) in [6.07, 6.45) is 1.07. The minimum absolute atomic E-state index is 0.0893. The first kappa shape index (κ1) is 15.1. The maximum absolute atomic E-state index is 6.23. The third-order valence-electron chi connectivity index (χ3n) is 4.00. The van der Waals surface area contributed by atoms with E-state index in [9.17, 15) is 0 Å². The number of hydrogen-bond acceptors (Lipinski definition) is 3. The number of para-hydroxylation sites is 1. The molecule has 1 heterocycles. The standard InChI is InChI=1S/C19H23NO2/c1-3-7-17(8-4-1)19(22-18-9-5-2-6-10-18)11-12-20-13-15-21-16-14-20/h1-10,19H,11-16H2. The molecule has 0 spiro atoms. The minimum Gasteiger partial charge on any atom is -0.486 e. The summed E-state index contributed by atoms with van der Waals surface area (Å²) in [6, 6.07) is 20.6. The van der Waals surface area contributed by atoms with Crippen LogP contribution in [0, 0.1) is 0 Å². The zero-order chi connectivity index (χ0) is 15.0. The van der Waals surface area contributed by atoms with Gasteiger partial charge in [-0.2, -0.15) is 0 Å². The van der Waals surface area contributed by atoms with Crippen LogP contribution in [0.25, 0.3) is 0 Å². The van der Waals surface area contributed by atoms with Gasteiger partial charge in [0.15, 0.2) is 0 Å². The van der Waals surface area contributed by atoms with Crippen LogP contribution in [0.3, 0.4) is 0 Å². The summed E-state index contributed by atoms with van der Waals surface area (Å²) >= 11 is 0. The highest BCUT2D eigenvalue weighted by atomic mass is 16.5. The van der Waals surface area contributed by atoms with E-state index in [-0.39, 0.29) is 6.10 Å². The number of morpholine rings is 1. The number of ether oxygens (including phenoxy) is 2. The first-order valence-electron chi connectivity index (χ1n) is 7.98. The summed E-state index contributed by atoms with van der Waals surface area (Å²) in [7, 11) is 0. The molecule has 0 aliphatic carbocycles. The molecule has 3 rings (SSSR count). The number of benzene rings is 2. The van der Waals surface area contributed by atoms with Crippen LogP contribution in [0.4, 0.5) is 0 Å². The summed E-state index contributed by atoms with van der Waals surface area (Å²) in [4.78, 5) is 2.45. The van der Waals surface area contributed by atoms with Gasteiger partial charge >= 0.3 is 0 Å². The number of nitrogens with zero attached hydrogens (tertiary/aromatic N) is 1. The quantitative estimate of drug-likeness (QED) is 0.814. The average molecular weight is 297 g/mol. The van der Waals surface area contributed by atoms with Crippen molar-refractivity contribution in [2.75, 3.05) is 32.8 Å². The van der Waals surface area contributed by atoms with Crippen LogP contribution in [-0.4, -0.2) is 37.7 Å². The van der Waals surface area contributed by atoms with Crippen LogP contribution in [0.5, 0.6) is 5.75 Å². The molecule has 1 unspecified atom stereocenters. The molecule has 0 N–H and O–H groups in total. The Balaban J connectivity index is 1.66. The number of hydrogen-bond donors (Lipinski definition) is 0. The summed E-state index contributed by atoms with van der Waals surface area (Å²) in [6.45, 7) is 4.76. The average Bonchev–Trinajstić information content (AvgIpc) is 2.61. The Morgan fingerprint density at radius 2 is 1.55 bits per heavy atom. The molecule has 22 heavy (non-hydrogen) atoms. The van der Waals surface area contributed by atoms with Crippen LogP contribution in [0.2, 0.25) is 0 Å². The first-order chi connectivity index (χ1) is 10.9. The Labute approximate surface area is 132 Å². The van der Waals surface area contributed by atoms with Gasteiger partial charge in [0.05, 0.1) is 13.2 Å². The summed E-state index contributed by atoms with van der Waals surface area (Å²) < 4.78 is 11.6. The second kappa shape index (κ2) is 7.97. The lowest BCUT2D eigenvalue weighted by Gasteiger charge is -2.28. The fourth-order valence-corrected chi connectivity index (χ4v) is 2.75. The lowest BCUT2D eigenvalue weighted by molar-refractivity contribution is 0.0317. The van der Waals surface area contributed by atoms with Gasteiger partial charge in [0.25, 0.3) is 0 Å². The molecule has 3 nitrogen and oxygen atoms in total. The first-order valence-corrected chi connectivity index (χ1v) is 7.98. The van der Waals surface area contributed by atoms with Gasteiger partial charge in [-0.05, 0) is 17.7 Å². The van der Waals surface area contributed by atoms with Crippen LogP contribution >= 0.6 is 0 Å². The molecule has 0 bridgehead atoms. The van der Waals surface area contributed by atoms with E-state index in [1.54, 1.807) is 0 Å². The third-order valence-corrected chi connectivity index (χ3v) is 4.00. The van der Waals surface area contributed by atoms with Crippen molar-refractivity contribution < 1.29 is 9.47 Å². The van der Waals surface area contributed by atoms with Crippen molar-refractivity contribution in [1.82, 2.24) is 4.90 Å². The van der Waals surface area contributed by atoms with Crippen LogP contribution < -0.4 is 4.74 Å². The second-order valence-corrected chi connectivity index (χ2v) is 5.57. The van der Waals surface area contributed by atoms with Gasteiger partial charge in [0.2, 0.25) is 0 Å². The van der Waals surface area contributed by atoms with Crippen molar-refractivity contribution in [1.29, 1.82) is 0 Å². The molecule has 2 aromatic carbocycles. The van der Waals surface area contributed by atoms with Crippen LogP contribution in [-0.2, 0) is 4.74 Å². The zero-order valence-electron chi connectivity index (χ0n) is 12.9. The molecule has 2 aromatic rings. The van der Waals surface area contributed by atoms with Crippen molar-refractivity contribution in [3.63, 3.8) is 0 Å². The minimum atomic E-state index is 0.0893. The molecule has 3 heteroatoms. The van der Waals surface area contributed by atoms with Crippen molar-refractivity contribution in [3.05, 3.63) is 66.2 Å². The number of rotatable bonds is 6. The molecule has 0 aromatic heterocycles. The van der Waals surface area contributed by atoms with E-state index in [2.05, 4.69) is 29.2 Å². The van der Waals surface area contributed by atoms with Crippen molar-refractivity contribution in [2.45, 2.75) is 12.5 Å². The van der Waals surface area contributed by atoms with Gasteiger partial charge < -0.3 is 9.47 Å². The fourth-order valence-electron chi connectivity index (χ4n) is 2.75. The monoisotopic (exact) mass is 297 g/mol. The van der Waals surface area contributed by atoms with Crippen molar-refractivity contribution in [2.24, 2.45) is 0 Å². The summed E-state index contributed by atoms with van der Waals surface area (Å²) in [5, 5.41) is 0. The lowest BCUT2D eigenvalue weighted by Crippen LogP contribution is -2.37. The van der Waals surface area contributed by atoms with Crippen LogP contribution in [0.15, 0.2) is 60.7 Å². The maximum atomic E-state index is 6.23. The fraction of sp³-hybridized carbons (Fsp3) is 0.368. The summed E-state index contributed by atoms with van der Waals surface area (Å²) in [5.41, 5.74) is 1.24. The highest BCUT2D eigenvalue weighted by Crippen LogP contribution is 2.25. The highest BCUT2D eigenvalue weighted by molar-refractivity contribution is 5.24. The molecular formula is C19H23NO2. The molecule has 0 radical (unpaired) electrons.